The topological polar surface area (TPSA) is 66.4 Å². The molecular weight excluding hydrogens is 281 g/mol. The van der Waals surface area contributed by atoms with Gasteiger partial charge in [-0.25, -0.2) is 9.18 Å². The Morgan fingerprint density at radius 1 is 1.35 bits per heavy atom. The molecule has 0 spiro atoms. The maximum atomic E-state index is 13.2. The van der Waals surface area contributed by atoms with Gasteiger partial charge in [0.1, 0.15) is 5.82 Å². The Hall–Kier alpha value is -1.56. The van der Waals surface area contributed by atoms with Crippen LogP contribution in [0.5, 0.6) is 0 Å². The molecule has 0 aliphatic carbocycles. The highest BCUT2D eigenvalue weighted by Gasteiger charge is 2.13. The van der Waals surface area contributed by atoms with Crippen molar-refractivity contribution in [1.29, 1.82) is 0 Å². The van der Waals surface area contributed by atoms with Crippen molar-refractivity contribution in [2.24, 2.45) is 5.92 Å². The third-order valence-corrected chi connectivity index (χ3v) is 3.92. The largest absolute Gasteiger partial charge is 0.478 e. The Balaban J connectivity index is 2.60. The van der Waals surface area contributed by atoms with Gasteiger partial charge in [0, 0.05) is 10.9 Å². The highest BCUT2D eigenvalue weighted by Crippen LogP contribution is 2.21. The van der Waals surface area contributed by atoms with Crippen molar-refractivity contribution in [2.45, 2.75) is 31.7 Å². The van der Waals surface area contributed by atoms with E-state index in [-0.39, 0.29) is 23.3 Å². The average molecular weight is 299 g/mol. The van der Waals surface area contributed by atoms with Crippen LogP contribution in [0.4, 0.5) is 4.39 Å². The highest BCUT2D eigenvalue weighted by molar-refractivity contribution is 8.00. The second-order valence-corrected chi connectivity index (χ2v) is 5.88. The number of aromatic carboxylic acids is 1. The number of thioether (sulfide) groups is 1. The van der Waals surface area contributed by atoms with Crippen LogP contribution in [0.15, 0.2) is 23.1 Å². The Labute approximate surface area is 121 Å². The van der Waals surface area contributed by atoms with Crippen molar-refractivity contribution in [3.63, 3.8) is 0 Å². The van der Waals surface area contributed by atoms with Gasteiger partial charge in [-0.15, -0.1) is 11.8 Å². The number of rotatable bonds is 6. The fourth-order valence-electron chi connectivity index (χ4n) is 1.37. The van der Waals surface area contributed by atoms with E-state index in [0.717, 1.165) is 6.07 Å². The van der Waals surface area contributed by atoms with Crippen LogP contribution in [-0.4, -0.2) is 28.8 Å². The lowest BCUT2D eigenvalue weighted by atomic mass is 10.1. The number of carboxylic acids is 1. The van der Waals surface area contributed by atoms with Gasteiger partial charge in [-0.1, -0.05) is 13.8 Å². The summed E-state index contributed by atoms with van der Waals surface area (Å²) in [6, 6.07) is 3.87. The number of benzene rings is 1. The second kappa shape index (κ2) is 7.28. The number of hydrogen-bond acceptors (Lipinski definition) is 3. The van der Waals surface area contributed by atoms with Crippen LogP contribution in [-0.2, 0) is 4.79 Å². The van der Waals surface area contributed by atoms with Crippen LogP contribution in [0.3, 0.4) is 0 Å². The smallest absolute Gasteiger partial charge is 0.338 e. The van der Waals surface area contributed by atoms with Crippen molar-refractivity contribution in [3.05, 3.63) is 29.6 Å². The minimum absolute atomic E-state index is 0.0749. The SMILES string of the molecule is CC(C)C(C)NC(=O)CSc1ccc(F)c(C(=O)O)c1. The summed E-state index contributed by atoms with van der Waals surface area (Å²) in [6.45, 7) is 5.95. The predicted molar refractivity (Wildman–Crippen MR) is 76.5 cm³/mol. The van der Waals surface area contributed by atoms with Crippen LogP contribution in [0.1, 0.15) is 31.1 Å². The minimum atomic E-state index is -1.32. The number of nitrogens with one attached hydrogen (secondary N) is 1. The maximum absolute atomic E-state index is 13.2. The van der Waals surface area contributed by atoms with Gasteiger partial charge in [0.15, 0.2) is 0 Å². The van der Waals surface area contributed by atoms with Gasteiger partial charge in [0.05, 0.1) is 11.3 Å². The van der Waals surface area contributed by atoms with Crippen molar-refractivity contribution >= 4 is 23.6 Å². The van der Waals surface area contributed by atoms with Gasteiger partial charge in [-0.3, -0.25) is 4.79 Å². The molecule has 2 N–H and O–H groups in total. The Morgan fingerprint density at radius 3 is 2.55 bits per heavy atom. The van der Waals surface area contributed by atoms with Gasteiger partial charge < -0.3 is 10.4 Å². The van der Waals surface area contributed by atoms with Gasteiger partial charge in [-0.2, -0.15) is 0 Å². The molecule has 0 aliphatic rings. The van der Waals surface area contributed by atoms with E-state index in [1.807, 2.05) is 20.8 Å². The molecule has 0 radical (unpaired) electrons. The predicted octanol–water partition coefficient (Wildman–Crippen LogP) is 2.78. The first kappa shape index (κ1) is 16.5. The van der Waals surface area contributed by atoms with Crippen LogP contribution >= 0.6 is 11.8 Å². The lowest BCUT2D eigenvalue weighted by Crippen LogP contribution is -2.37. The van der Waals surface area contributed by atoms with Crippen LogP contribution in [0.2, 0.25) is 0 Å². The van der Waals surface area contributed by atoms with E-state index in [2.05, 4.69) is 5.32 Å². The number of hydrogen-bond donors (Lipinski definition) is 2. The van der Waals surface area contributed by atoms with Crippen LogP contribution in [0.25, 0.3) is 0 Å². The monoisotopic (exact) mass is 299 g/mol. The first-order chi connectivity index (χ1) is 9.31. The lowest BCUT2D eigenvalue weighted by Gasteiger charge is -2.17. The number of amides is 1. The fourth-order valence-corrected chi connectivity index (χ4v) is 2.12. The molecule has 1 aromatic carbocycles. The molecule has 1 amide bonds. The summed E-state index contributed by atoms with van der Waals surface area (Å²) in [5.41, 5.74) is -0.383. The van der Waals surface area contributed by atoms with Crippen molar-refractivity contribution in [1.82, 2.24) is 5.32 Å². The molecule has 0 bridgehead atoms. The molecule has 1 aromatic rings. The number of halogens is 1. The lowest BCUT2D eigenvalue weighted by molar-refractivity contribution is -0.119. The second-order valence-electron chi connectivity index (χ2n) is 4.84. The Kier molecular flexibility index (Phi) is 6.01. The van der Waals surface area contributed by atoms with E-state index in [1.54, 1.807) is 0 Å². The van der Waals surface area contributed by atoms with Gasteiger partial charge in [-0.05, 0) is 31.0 Å². The molecule has 1 atom stereocenters. The summed E-state index contributed by atoms with van der Waals surface area (Å²) in [4.78, 5) is 23.1. The van der Waals surface area contributed by atoms with Gasteiger partial charge >= 0.3 is 5.97 Å². The van der Waals surface area contributed by atoms with E-state index in [4.69, 9.17) is 5.11 Å². The molecule has 0 saturated carbocycles. The van der Waals surface area contributed by atoms with Crippen molar-refractivity contribution < 1.29 is 19.1 Å². The summed E-state index contributed by atoms with van der Waals surface area (Å²) in [5.74, 6) is -1.71. The quantitative estimate of drug-likeness (QED) is 0.793. The van der Waals surface area contributed by atoms with Crippen LogP contribution in [0, 0.1) is 11.7 Å². The van der Waals surface area contributed by atoms with E-state index < -0.39 is 11.8 Å². The van der Waals surface area contributed by atoms with Crippen LogP contribution < -0.4 is 5.32 Å². The minimum Gasteiger partial charge on any atom is -0.478 e. The molecule has 1 unspecified atom stereocenters. The number of carbonyl (C=O) groups is 2. The standard InChI is InChI=1S/C14H18FNO3S/c1-8(2)9(3)16-13(17)7-20-10-4-5-12(15)11(6-10)14(18)19/h4-6,8-9H,7H2,1-3H3,(H,16,17)(H,18,19). The fraction of sp³-hybridized carbons (Fsp3) is 0.429. The summed E-state index contributed by atoms with van der Waals surface area (Å²) in [5, 5.41) is 11.7. The molecule has 0 aromatic heterocycles. The van der Waals surface area contributed by atoms with E-state index in [9.17, 15) is 14.0 Å². The number of carboxylic acid groups (broad SMARTS) is 1. The molecule has 20 heavy (non-hydrogen) atoms. The summed E-state index contributed by atoms with van der Waals surface area (Å²) in [6.07, 6.45) is 0. The zero-order chi connectivity index (χ0) is 15.3. The van der Waals surface area contributed by atoms with Crippen molar-refractivity contribution in [3.8, 4) is 0 Å². The highest BCUT2D eigenvalue weighted by atomic mass is 32.2. The number of carbonyl (C=O) groups excluding carboxylic acids is 1. The summed E-state index contributed by atoms with van der Waals surface area (Å²) >= 11 is 1.18. The Morgan fingerprint density at radius 2 is 2.00 bits per heavy atom. The first-order valence-electron chi connectivity index (χ1n) is 6.26. The Bertz CT molecular complexity index is 505. The summed E-state index contributed by atoms with van der Waals surface area (Å²) in [7, 11) is 0. The zero-order valence-electron chi connectivity index (χ0n) is 11.6. The van der Waals surface area contributed by atoms with E-state index in [1.165, 1.54) is 23.9 Å². The molecule has 0 aliphatic heterocycles. The van der Waals surface area contributed by atoms with Gasteiger partial charge in [0.25, 0.3) is 0 Å². The third kappa shape index (κ3) is 4.85. The molecular formula is C14H18FNO3S. The normalized spacial score (nSPS) is 12.2. The zero-order valence-corrected chi connectivity index (χ0v) is 12.5. The molecule has 0 fully saturated rings. The molecule has 4 nitrogen and oxygen atoms in total. The van der Waals surface area contributed by atoms with E-state index in [0.29, 0.717) is 10.8 Å². The van der Waals surface area contributed by atoms with Gasteiger partial charge in [0.2, 0.25) is 5.91 Å². The molecule has 0 saturated heterocycles. The molecule has 110 valence electrons. The van der Waals surface area contributed by atoms with E-state index >= 15 is 0 Å². The third-order valence-electron chi connectivity index (χ3n) is 2.93. The first-order valence-corrected chi connectivity index (χ1v) is 7.24. The molecule has 6 heteroatoms. The van der Waals surface area contributed by atoms with Crippen molar-refractivity contribution in [2.75, 3.05) is 5.75 Å². The maximum Gasteiger partial charge on any atom is 0.338 e. The average Bonchev–Trinajstić information content (AvgIpc) is 2.37. The molecule has 0 heterocycles. The molecule has 1 rings (SSSR count). The summed E-state index contributed by atoms with van der Waals surface area (Å²) < 4.78 is 13.2.